The van der Waals surface area contributed by atoms with E-state index in [0.29, 0.717) is 11.6 Å². The lowest BCUT2D eigenvalue weighted by molar-refractivity contribution is 0.0995. The lowest BCUT2D eigenvalue weighted by Gasteiger charge is -2.32. The molecule has 1 saturated heterocycles. The smallest absolute Gasteiger partial charge is 0.267 e. The Balaban J connectivity index is 1.43. The van der Waals surface area contributed by atoms with Gasteiger partial charge < -0.3 is 10.7 Å². The van der Waals surface area contributed by atoms with Crippen LogP contribution in [0.2, 0.25) is 0 Å². The molecule has 0 spiro atoms. The van der Waals surface area contributed by atoms with Crippen LogP contribution in [0.15, 0.2) is 42.9 Å². The first kappa shape index (κ1) is 16.7. The van der Waals surface area contributed by atoms with Crippen molar-refractivity contribution in [1.29, 1.82) is 0 Å². The monoisotopic (exact) mass is 349 g/mol. The Hall–Kier alpha value is -2.73. The van der Waals surface area contributed by atoms with E-state index in [1.807, 2.05) is 6.20 Å². The fourth-order valence-electron chi connectivity index (χ4n) is 3.93. The van der Waals surface area contributed by atoms with Crippen molar-refractivity contribution in [3.8, 4) is 0 Å². The first-order chi connectivity index (χ1) is 12.7. The molecule has 26 heavy (non-hydrogen) atoms. The summed E-state index contributed by atoms with van der Waals surface area (Å²) in [5, 5.41) is 1.30. The number of carbonyl (C=O) groups excluding carboxylic acids is 1. The van der Waals surface area contributed by atoms with Gasteiger partial charge in [-0.3, -0.25) is 9.69 Å². The van der Waals surface area contributed by atoms with Crippen molar-refractivity contribution in [3.63, 3.8) is 0 Å². The molecule has 3 N–H and O–H groups in total. The van der Waals surface area contributed by atoms with E-state index in [-0.39, 0.29) is 0 Å². The molecule has 3 aromatic rings. The van der Waals surface area contributed by atoms with Gasteiger partial charge in [-0.05, 0) is 55.5 Å². The van der Waals surface area contributed by atoms with Gasteiger partial charge in [0.05, 0.1) is 0 Å². The van der Waals surface area contributed by atoms with Crippen LogP contribution in [-0.4, -0.2) is 38.8 Å². The molecule has 4 rings (SSSR count). The van der Waals surface area contributed by atoms with Gasteiger partial charge in [-0.1, -0.05) is 12.1 Å². The summed E-state index contributed by atoms with van der Waals surface area (Å²) in [5.74, 6) is 0.0309. The number of fused-ring (bicyclic) bond motifs is 1. The maximum Gasteiger partial charge on any atom is 0.267 e. The number of aromatic amines is 1. The number of hydrogen-bond acceptors (Lipinski definition) is 4. The van der Waals surface area contributed by atoms with Crippen LogP contribution in [0.5, 0.6) is 0 Å². The Kier molecular flexibility index (Phi) is 4.67. The first-order valence-electron chi connectivity index (χ1n) is 9.07. The molecule has 0 unspecified atom stereocenters. The zero-order chi connectivity index (χ0) is 17.9. The second kappa shape index (κ2) is 7.25. The van der Waals surface area contributed by atoms with Gasteiger partial charge in [0.1, 0.15) is 12.0 Å². The SMILES string of the molecule is NC(=O)c1cc(C[C@@H]2CCCN(Cc3cccc4[nH]ccc34)C2)ncn1. The van der Waals surface area contributed by atoms with E-state index < -0.39 is 5.91 Å². The summed E-state index contributed by atoms with van der Waals surface area (Å²) in [4.78, 5) is 25.4. The number of likely N-dealkylation sites (tertiary alicyclic amines) is 1. The van der Waals surface area contributed by atoms with E-state index >= 15 is 0 Å². The number of carbonyl (C=O) groups is 1. The molecule has 0 saturated carbocycles. The molecule has 0 radical (unpaired) electrons. The third-order valence-corrected chi connectivity index (χ3v) is 5.16. The van der Waals surface area contributed by atoms with Gasteiger partial charge in [-0.15, -0.1) is 0 Å². The van der Waals surface area contributed by atoms with E-state index in [9.17, 15) is 4.79 Å². The Morgan fingerprint density at radius 2 is 2.23 bits per heavy atom. The minimum Gasteiger partial charge on any atom is -0.364 e. The van der Waals surface area contributed by atoms with Crippen LogP contribution in [0.1, 0.15) is 34.6 Å². The molecular weight excluding hydrogens is 326 g/mol. The highest BCUT2D eigenvalue weighted by atomic mass is 16.1. The van der Waals surface area contributed by atoms with Gasteiger partial charge in [0.25, 0.3) is 5.91 Å². The Morgan fingerprint density at radius 1 is 1.31 bits per heavy atom. The van der Waals surface area contributed by atoms with Gasteiger partial charge >= 0.3 is 0 Å². The van der Waals surface area contributed by atoms with E-state index in [1.165, 1.54) is 35.6 Å². The molecule has 6 nitrogen and oxygen atoms in total. The van der Waals surface area contributed by atoms with E-state index in [1.54, 1.807) is 6.07 Å². The molecule has 1 aliphatic heterocycles. The highest BCUT2D eigenvalue weighted by molar-refractivity contribution is 5.90. The van der Waals surface area contributed by atoms with Crippen LogP contribution in [0.25, 0.3) is 10.9 Å². The number of nitrogens with two attached hydrogens (primary N) is 1. The van der Waals surface area contributed by atoms with Crippen molar-refractivity contribution in [1.82, 2.24) is 19.9 Å². The summed E-state index contributed by atoms with van der Waals surface area (Å²) < 4.78 is 0. The largest absolute Gasteiger partial charge is 0.364 e. The summed E-state index contributed by atoms with van der Waals surface area (Å²) >= 11 is 0. The van der Waals surface area contributed by atoms with Gasteiger partial charge in [-0.25, -0.2) is 9.97 Å². The topological polar surface area (TPSA) is 87.9 Å². The highest BCUT2D eigenvalue weighted by Crippen LogP contribution is 2.24. The predicted octanol–water partition coefficient (Wildman–Crippen LogP) is 2.51. The molecule has 0 aliphatic carbocycles. The standard InChI is InChI=1S/C20H23N5O/c21-20(26)19-10-16(23-13-24-19)9-14-3-2-8-25(11-14)12-15-4-1-5-18-17(15)6-7-22-18/h1,4-7,10,13-14,22H,2-3,8-9,11-12H2,(H2,21,26)/t14-/m0/s1. The molecule has 134 valence electrons. The summed E-state index contributed by atoms with van der Waals surface area (Å²) in [6.07, 6.45) is 6.65. The summed E-state index contributed by atoms with van der Waals surface area (Å²) in [7, 11) is 0. The summed E-state index contributed by atoms with van der Waals surface area (Å²) in [6, 6.07) is 10.3. The van der Waals surface area contributed by atoms with Crippen molar-refractivity contribution in [2.75, 3.05) is 13.1 Å². The Bertz CT molecular complexity index is 919. The second-order valence-corrected chi connectivity index (χ2v) is 7.06. The minimum atomic E-state index is -0.501. The van der Waals surface area contributed by atoms with Crippen LogP contribution >= 0.6 is 0 Å². The number of nitrogens with one attached hydrogen (secondary N) is 1. The molecule has 1 aliphatic rings. The van der Waals surface area contributed by atoms with Crippen LogP contribution in [0.3, 0.4) is 0 Å². The number of piperidine rings is 1. The van der Waals surface area contributed by atoms with Crippen LogP contribution in [0, 0.1) is 5.92 Å². The third kappa shape index (κ3) is 3.60. The normalized spacial score (nSPS) is 18.2. The number of primary amides is 1. The Morgan fingerprint density at radius 3 is 3.12 bits per heavy atom. The van der Waals surface area contributed by atoms with E-state index in [0.717, 1.165) is 31.7 Å². The third-order valence-electron chi connectivity index (χ3n) is 5.16. The quantitative estimate of drug-likeness (QED) is 0.741. The average Bonchev–Trinajstić information content (AvgIpc) is 3.12. The number of rotatable bonds is 5. The number of nitrogens with zero attached hydrogens (tertiary/aromatic N) is 3. The summed E-state index contributed by atoms with van der Waals surface area (Å²) in [5.41, 5.74) is 9.06. The number of amides is 1. The zero-order valence-electron chi connectivity index (χ0n) is 14.7. The molecule has 1 atom stereocenters. The lowest BCUT2D eigenvalue weighted by atomic mass is 9.92. The van der Waals surface area contributed by atoms with Crippen molar-refractivity contribution in [2.24, 2.45) is 11.7 Å². The van der Waals surface area contributed by atoms with Crippen molar-refractivity contribution < 1.29 is 4.79 Å². The molecule has 2 aromatic heterocycles. The fraction of sp³-hybridized carbons (Fsp3) is 0.350. The highest BCUT2D eigenvalue weighted by Gasteiger charge is 2.21. The van der Waals surface area contributed by atoms with Crippen molar-refractivity contribution in [3.05, 3.63) is 59.8 Å². The first-order valence-corrected chi connectivity index (χ1v) is 9.07. The predicted molar refractivity (Wildman–Crippen MR) is 101 cm³/mol. The van der Waals surface area contributed by atoms with Crippen molar-refractivity contribution in [2.45, 2.75) is 25.8 Å². The Labute approximate surface area is 152 Å². The molecular formula is C20H23N5O. The molecule has 1 fully saturated rings. The van der Waals surface area contributed by atoms with E-state index in [4.69, 9.17) is 5.73 Å². The van der Waals surface area contributed by atoms with E-state index in [2.05, 4.69) is 44.1 Å². The average molecular weight is 349 g/mol. The molecule has 3 heterocycles. The maximum absolute atomic E-state index is 11.3. The minimum absolute atomic E-state index is 0.293. The molecule has 6 heteroatoms. The maximum atomic E-state index is 11.3. The van der Waals surface area contributed by atoms with Gasteiger partial charge in [0, 0.05) is 35.9 Å². The second-order valence-electron chi connectivity index (χ2n) is 7.06. The molecule has 1 amide bonds. The number of H-pyrrole nitrogens is 1. The molecule has 0 bridgehead atoms. The lowest BCUT2D eigenvalue weighted by Crippen LogP contribution is -2.35. The number of benzene rings is 1. The summed E-state index contributed by atoms with van der Waals surface area (Å²) in [6.45, 7) is 3.12. The van der Waals surface area contributed by atoms with Gasteiger partial charge in [0.2, 0.25) is 0 Å². The van der Waals surface area contributed by atoms with Crippen LogP contribution in [-0.2, 0) is 13.0 Å². The van der Waals surface area contributed by atoms with Gasteiger partial charge in [-0.2, -0.15) is 0 Å². The van der Waals surface area contributed by atoms with Gasteiger partial charge in [0.15, 0.2) is 0 Å². The molecule has 1 aromatic carbocycles. The fourth-order valence-corrected chi connectivity index (χ4v) is 3.93. The van der Waals surface area contributed by atoms with Crippen LogP contribution < -0.4 is 5.73 Å². The number of hydrogen-bond donors (Lipinski definition) is 2. The zero-order valence-corrected chi connectivity index (χ0v) is 14.7. The van der Waals surface area contributed by atoms with Crippen LogP contribution in [0.4, 0.5) is 0 Å². The van der Waals surface area contributed by atoms with Crippen molar-refractivity contribution >= 4 is 16.8 Å². The number of aromatic nitrogens is 3.